The first-order valence-electron chi connectivity index (χ1n) is 8.18. The number of methoxy groups -OCH3 is 1. The molecule has 0 saturated carbocycles. The van der Waals surface area contributed by atoms with Crippen LogP contribution in [0.3, 0.4) is 0 Å². The van der Waals surface area contributed by atoms with Crippen molar-refractivity contribution >= 4 is 44.8 Å². The van der Waals surface area contributed by atoms with Crippen LogP contribution < -0.4 is 10.2 Å². The molecule has 0 atom stereocenters. The Hall–Kier alpha value is -2.90. The summed E-state index contributed by atoms with van der Waals surface area (Å²) in [7, 11) is 1.65. The molecule has 0 aliphatic rings. The summed E-state index contributed by atoms with van der Waals surface area (Å²) >= 11 is 7.50. The van der Waals surface area contributed by atoms with Crippen LogP contribution in [0.4, 0.5) is 5.13 Å². The predicted molar refractivity (Wildman–Crippen MR) is 111 cm³/mol. The first-order valence-corrected chi connectivity index (χ1v) is 9.44. The standard InChI is InChI=1S/C19H16ClN5OS/c1-11(18-21-15-8-5-13(20)9-16(15)22-18)24-25-19-23-17(10-27-19)12-3-6-14(26-2)7-4-12/h3-10H,1-2H3,(H,21,22)(H,23,25)/b24-11+. The molecule has 2 aromatic carbocycles. The third-order valence-electron chi connectivity index (χ3n) is 4.00. The van der Waals surface area contributed by atoms with Gasteiger partial charge in [-0.05, 0) is 49.4 Å². The van der Waals surface area contributed by atoms with Crippen molar-refractivity contribution in [3.8, 4) is 17.0 Å². The molecule has 0 fully saturated rings. The summed E-state index contributed by atoms with van der Waals surface area (Å²) < 4.78 is 5.18. The molecule has 0 aliphatic heterocycles. The minimum absolute atomic E-state index is 0.666. The number of benzene rings is 2. The monoisotopic (exact) mass is 397 g/mol. The molecule has 0 radical (unpaired) electrons. The summed E-state index contributed by atoms with van der Waals surface area (Å²) in [6.45, 7) is 1.88. The molecule has 4 rings (SSSR count). The van der Waals surface area contributed by atoms with Crippen molar-refractivity contribution in [2.45, 2.75) is 6.92 Å². The van der Waals surface area contributed by atoms with Crippen molar-refractivity contribution in [3.05, 3.63) is 58.7 Å². The number of halogens is 1. The zero-order valence-corrected chi connectivity index (χ0v) is 16.2. The van der Waals surface area contributed by atoms with E-state index in [9.17, 15) is 0 Å². The van der Waals surface area contributed by atoms with Gasteiger partial charge >= 0.3 is 0 Å². The second kappa shape index (κ2) is 7.38. The zero-order valence-electron chi connectivity index (χ0n) is 14.7. The molecule has 8 heteroatoms. The number of imidazole rings is 1. The number of hydrogen-bond acceptors (Lipinski definition) is 6. The second-order valence-electron chi connectivity index (χ2n) is 5.82. The molecular formula is C19H16ClN5OS. The van der Waals surface area contributed by atoms with Gasteiger partial charge in [0.1, 0.15) is 11.5 Å². The maximum Gasteiger partial charge on any atom is 0.203 e. The second-order valence-corrected chi connectivity index (χ2v) is 7.12. The minimum atomic E-state index is 0.666. The number of thiazole rings is 1. The number of hydrogen-bond donors (Lipinski definition) is 2. The van der Waals surface area contributed by atoms with Crippen LogP contribution in [-0.2, 0) is 0 Å². The molecule has 0 amide bonds. The first kappa shape index (κ1) is 17.5. The van der Waals surface area contributed by atoms with Crippen LogP contribution in [0.15, 0.2) is 52.9 Å². The first-order chi connectivity index (χ1) is 13.1. The van der Waals surface area contributed by atoms with E-state index < -0.39 is 0 Å². The Morgan fingerprint density at radius 3 is 2.78 bits per heavy atom. The van der Waals surface area contributed by atoms with Crippen molar-refractivity contribution in [1.29, 1.82) is 0 Å². The maximum atomic E-state index is 6.01. The van der Waals surface area contributed by atoms with Gasteiger partial charge in [-0.1, -0.05) is 11.6 Å². The molecule has 0 unspecified atom stereocenters. The number of nitrogens with zero attached hydrogens (tertiary/aromatic N) is 3. The number of fused-ring (bicyclic) bond motifs is 1. The highest BCUT2D eigenvalue weighted by atomic mass is 35.5. The number of rotatable bonds is 5. The minimum Gasteiger partial charge on any atom is -0.497 e. The van der Waals surface area contributed by atoms with Gasteiger partial charge in [0.2, 0.25) is 5.13 Å². The Labute approximate surface area is 164 Å². The molecule has 0 spiro atoms. The molecule has 2 heterocycles. The zero-order chi connectivity index (χ0) is 18.8. The number of ether oxygens (including phenoxy) is 1. The summed E-state index contributed by atoms with van der Waals surface area (Å²) in [6.07, 6.45) is 0. The smallest absolute Gasteiger partial charge is 0.203 e. The maximum absolute atomic E-state index is 6.01. The number of aromatic amines is 1. The van der Waals surface area contributed by atoms with Gasteiger partial charge < -0.3 is 9.72 Å². The number of nitrogens with one attached hydrogen (secondary N) is 2. The van der Waals surface area contributed by atoms with E-state index >= 15 is 0 Å². The van der Waals surface area contributed by atoms with E-state index in [1.165, 1.54) is 11.3 Å². The molecule has 136 valence electrons. The predicted octanol–water partition coefficient (Wildman–Crippen LogP) is 5.18. The average molecular weight is 398 g/mol. The molecule has 6 nitrogen and oxygen atoms in total. The lowest BCUT2D eigenvalue weighted by Crippen LogP contribution is -2.01. The lowest BCUT2D eigenvalue weighted by atomic mass is 10.2. The molecule has 2 N–H and O–H groups in total. The number of H-pyrrole nitrogens is 1. The number of aromatic nitrogens is 3. The molecule has 27 heavy (non-hydrogen) atoms. The summed E-state index contributed by atoms with van der Waals surface area (Å²) in [5.74, 6) is 1.51. The molecule has 4 aromatic rings. The van der Waals surface area contributed by atoms with E-state index in [0.717, 1.165) is 33.8 Å². The average Bonchev–Trinajstić information content (AvgIpc) is 3.33. The van der Waals surface area contributed by atoms with Crippen molar-refractivity contribution in [2.75, 3.05) is 12.5 Å². The van der Waals surface area contributed by atoms with Crippen LogP contribution in [0, 0.1) is 0 Å². The van der Waals surface area contributed by atoms with E-state index in [-0.39, 0.29) is 0 Å². The lowest BCUT2D eigenvalue weighted by molar-refractivity contribution is 0.415. The van der Waals surface area contributed by atoms with Crippen molar-refractivity contribution in [1.82, 2.24) is 15.0 Å². The van der Waals surface area contributed by atoms with Crippen LogP contribution in [0.1, 0.15) is 12.7 Å². The normalized spacial score (nSPS) is 11.7. The Morgan fingerprint density at radius 1 is 1.19 bits per heavy atom. The van der Waals surface area contributed by atoms with E-state index in [1.54, 1.807) is 7.11 Å². The molecule has 0 aliphatic carbocycles. The van der Waals surface area contributed by atoms with Crippen molar-refractivity contribution < 1.29 is 4.74 Å². The highest BCUT2D eigenvalue weighted by molar-refractivity contribution is 7.14. The van der Waals surface area contributed by atoms with Crippen LogP contribution >= 0.6 is 22.9 Å². The fourth-order valence-electron chi connectivity index (χ4n) is 2.56. The SMILES string of the molecule is COc1ccc(-c2csc(N/N=C(\C)c3nc4ccc(Cl)cc4[nH]3)n2)cc1. The van der Waals surface area contributed by atoms with Gasteiger partial charge in [-0.25, -0.2) is 9.97 Å². The largest absolute Gasteiger partial charge is 0.497 e. The quantitative estimate of drug-likeness (QED) is 0.359. The fraction of sp³-hybridized carbons (Fsp3) is 0.105. The van der Waals surface area contributed by atoms with Gasteiger partial charge in [0, 0.05) is 16.0 Å². The highest BCUT2D eigenvalue weighted by Crippen LogP contribution is 2.26. The lowest BCUT2D eigenvalue weighted by Gasteiger charge is -2.00. The topological polar surface area (TPSA) is 75.2 Å². The van der Waals surface area contributed by atoms with Crippen LogP contribution in [-0.4, -0.2) is 27.8 Å². The Bertz CT molecular complexity index is 1120. The third kappa shape index (κ3) is 3.79. The van der Waals surface area contributed by atoms with Crippen LogP contribution in [0.25, 0.3) is 22.3 Å². The van der Waals surface area contributed by atoms with Gasteiger partial charge in [0.05, 0.1) is 23.8 Å². The molecule has 0 bridgehead atoms. The highest BCUT2D eigenvalue weighted by Gasteiger charge is 2.08. The summed E-state index contributed by atoms with van der Waals surface area (Å²) in [4.78, 5) is 12.3. The van der Waals surface area contributed by atoms with E-state index in [4.69, 9.17) is 16.3 Å². The van der Waals surface area contributed by atoms with Crippen LogP contribution in [0.2, 0.25) is 5.02 Å². The third-order valence-corrected chi connectivity index (χ3v) is 4.98. The summed E-state index contributed by atoms with van der Waals surface area (Å²) in [6, 6.07) is 13.3. The van der Waals surface area contributed by atoms with Crippen molar-refractivity contribution in [3.63, 3.8) is 0 Å². The Balaban J connectivity index is 1.50. The van der Waals surface area contributed by atoms with Gasteiger partial charge in [-0.15, -0.1) is 11.3 Å². The molecular weight excluding hydrogens is 382 g/mol. The fourth-order valence-corrected chi connectivity index (χ4v) is 3.39. The van der Waals surface area contributed by atoms with E-state index in [0.29, 0.717) is 16.0 Å². The molecule has 0 saturated heterocycles. The van der Waals surface area contributed by atoms with Gasteiger partial charge in [0.15, 0.2) is 5.82 Å². The van der Waals surface area contributed by atoms with Gasteiger partial charge in [0.25, 0.3) is 0 Å². The van der Waals surface area contributed by atoms with E-state index in [1.807, 2.05) is 54.8 Å². The Morgan fingerprint density at radius 2 is 2.00 bits per heavy atom. The number of anilines is 1. The summed E-state index contributed by atoms with van der Waals surface area (Å²) in [5.41, 5.74) is 7.36. The van der Waals surface area contributed by atoms with Gasteiger partial charge in [-0.2, -0.15) is 5.10 Å². The summed E-state index contributed by atoms with van der Waals surface area (Å²) in [5, 5.41) is 7.74. The van der Waals surface area contributed by atoms with Crippen molar-refractivity contribution in [2.24, 2.45) is 5.10 Å². The van der Waals surface area contributed by atoms with E-state index in [2.05, 4.69) is 25.5 Å². The molecule has 2 aromatic heterocycles. The van der Waals surface area contributed by atoms with Gasteiger partial charge in [-0.3, -0.25) is 5.43 Å². The number of hydrazone groups is 1. The Kier molecular flexibility index (Phi) is 4.79. The van der Waals surface area contributed by atoms with Crippen LogP contribution in [0.5, 0.6) is 5.75 Å².